The van der Waals surface area contributed by atoms with Gasteiger partial charge in [-0.2, -0.15) is 10.5 Å². The average molecular weight is 1440 g/mol. The van der Waals surface area contributed by atoms with Crippen molar-refractivity contribution in [3.05, 3.63) is 318 Å². The van der Waals surface area contributed by atoms with Crippen LogP contribution in [0.25, 0.3) is 121 Å². The van der Waals surface area contributed by atoms with Crippen molar-refractivity contribution in [2.45, 2.75) is 105 Å². The second kappa shape index (κ2) is 24.2. The van der Waals surface area contributed by atoms with Crippen molar-refractivity contribution in [2.24, 2.45) is 0 Å². The molecular weight excluding hydrogens is 1350 g/mol. The van der Waals surface area contributed by atoms with Crippen LogP contribution in [0.4, 0.5) is 34.1 Å². The molecule has 20 rings (SSSR count). The molecule has 8 nitrogen and oxygen atoms in total. The van der Waals surface area contributed by atoms with E-state index in [0.717, 1.165) is 138 Å². The minimum atomic E-state index is -0.601. The van der Waals surface area contributed by atoms with Gasteiger partial charge in [0.25, 0.3) is 6.71 Å². The summed E-state index contributed by atoms with van der Waals surface area (Å²) < 4.78 is 55.8. The van der Waals surface area contributed by atoms with E-state index in [1.807, 2.05) is 60.7 Å². The quantitative estimate of drug-likeness (QED) is 0.149. The molecule has 534 valence electrons. The predicted molar refractivity (Wildman–Crippen MR) is 467 cm³/mol. The molecule has 0 atom stereocenters. The van der Waals surface area contributed by atoms with Gasteiger partial charge in [-0.05, 0) is 205 Å². The summed E-state index contributed by atoms with van der Waals surface area (Å²) in [6, 6.07) is 94.6. The first-order valence-corrected chi connectivity index (χ1v) is 38.5. The van der Waals surface area contributed by atoms with E-state index in [1.165, 1.54) is 22.3 Å². The molecule has 0 aliphatic carbocycles. The van der Waals surface area contributed by atoms with E-state index >= 15 is 0 Å². The summed E-state index contributed by atoms with van der Waals surface area (Å²) >= 11 is 0. The number of fused-ring (bicyclic) bond motifs is 16. The Morgan fingerprint density at radius 1 is 0.288 bits per heavy atom. The molecule has 4 aromatic heterocycles. The molecule has 0 unspecified atom stereocenters. The molecule has 2 aliphatic rings. The lowest BCUT2D eigenvalue weighted by Gasteiger charge is -2.45. The Morgan fingerprint density at radius 3 is 1.10 bits per heavy atom. The highest BCUT2D eigenvalue weighted by Gasteiger charge is 2.46. The lowest BCUT2D eigenvalue weighted by atomic mass is 9.33. The van der Waals surface area contributed by atoms with Crippen molar-refractivity contribution < 1.29 is 6.85 Å². The molecule has 0 radical (unpaired) electrons. The highest BCUT2D eigenvalue weighted by molar-refractivity contribution is 7.00. The highest BCUT2D eigenvalue weighted by Crippen LogP contribution is 2.52. The number of nitrogens with zero attached hydrogens (tertiary/aromatic N) is 8. The Balaban J connectivity index is 0.969. The molecule has 0 amide bonds. The molecule has 0 spiro atoms. The van der Waals surface area contributed by atoms with Crippen LogP contribution in [0.1, 0.15) is 123 Å². The number of anilines is 6. The fraction of sp³-hybridized carbons (Fsp3) is 0.157. The zero-order chi connectivity index (χ0) is 80.4. The first kappa shape index (κ1) is 61.9. The Kier molecular flexibility index (Phi) is 13.5. The highest BCUT2D eigenvalue weighted by atomic mass is 15.2. The molecule has 0 saturated heterocycles. The monoisotopic (exact) mass is 1440 g/mol. The van der Waals surface area contributed by atoms with E-state index in [-0.39, 0.29) is 39.3 Å². The Hall–Kier alpha value is -13.1. The smallest absolute Gasteiger partial charge is 0.252 e. The molecule has 14 aromatic carbocycles. The van der Waals surface area contributed by atoms with Crippen LogP contribution >= 0.6 is 0 Å². The van der Waals surface area contributed by atoms with Crippen molar-refractivity contribution in [3.63, 3.8) is 0 Å². The first-order valence-electron chi connectivity index (χ1n) is 41.0. The summed E-state index contributed by atoms with van der Waals surface area (Å²) in [5.41, 5.74) is 23.3. The van der Waals surface area contributed by atoms with E-state index in [0.29, 0.717) is 39.4 Å². The van der Waals surface area contributed by atoms with Gasteiger partial charge in [0.05, 0.1) is 79.3 Å². The second-order valence-corrected chi connectivity index (χ2v) is 34.5. The summed E-state index contributed by atoms with van der Waals surface area (Å²) in [5.74, 6) is 0. The largest absolute Gasteiger partial charge is 0.310 e. The number of aromatic nitrogens is 4. The van der Waals surface area contributed by atoms with Gasteiger partial charge in [0.1, 0.15) is 17.7 Å². The normalized spacial score (nSPS) is 13.8. The summed E-state index contributed by atoms with van der Waals surface area (Å²) in [7, 11) is 0. The zero-order valence-corrected chi connectivity index (χ0v) is 64.4. The molecule has 0 fully saturated rings. The van der Waals surface area contributed by atoms with Crippen LogP contribution in [0.5, 0.6) is 0 Å². The van der Waals surface area contributed by atoms with Gasteiger partial charge in [0.15, 0.2) is 0 Å². The summed E-state index contributed by atoms with van der Waals surface area (Å²) in [4.78, 5) is 4.56. The zero-order valence-electron chi connectivity index (χ0n) is 69.4. The number of benzene rings is 14. The van der Waals surface area contributed by atoms with Gasteiger partial charge in [-0.25, -0.2) is 0 Å². The van der Waals surface area contributed by atoms with Gasteiger partial charge < -0.3 is 28.1 Å². The summed E-state index contributed by atoms with van der Waals surface area (Å²) in [6.07, 6.45) is 0. The van der Waals surface area contributed by atoms with Crippen LogP contribution in [0.15, 0.2) is 285 Å². The molecule has 0 saturated carbocycles. The fourth-order valence-corrected chi connectivity index (χ4v) is 18.1. The third-order valence-electron chi connectivity index (χ3n) is 23.7. The van der Waals surface area contributed by atoms with Crippen LogP contribution < -0.4 is 26.2 Å². The van der Waals surface area contributed by atoms with Crippen LogP contribution in [0, 0.1) is 22.7 Å². The van der Waals surface area contributed by atoms with Crippen molar-refractivity contribution in [3.8, 4) is 46.0 Å². The Labute approximate surface area is 655 Å². The number of hydrogen-bond acceptors (Lipinski definition) is 4. The fourth-order valence-electron chi connectivity index (χ4n) is 18.1. The maximum Gasteiger partial charge on any atom is 0.252 e. The summed E-state index contributed by atoms with van der Waals surface area (Å²) in [5, 5.41) is 33.5. The van der Waals surface area contributed by atoms with Crippen LogP contribution in [0.2, 0.25) is 0 Å². The van der Waals surface area contributed by atoms with Gasteiger partial charge in [-0.1, -0.05) is 235 Å². The van der Waals surface area contributed by atoms with Crippen molar-refractivity contribution in [1.82, 2.24) is 18.3 Å². The molecule has 6 heterocycles. The number of hydrogen-bond donors (Lipinski definition) is 0. The van der Waals surface area contributed by atoms with E-state index < -0.39 is 24.8 Å². The molecular formula is C102H83BN8. The molecule has 9 heteroatoms. The van der Waals surface area contributed by atoms with E-state index in [4.69, 9.17) is 4.11 Å². The average Bonchev–Trinajstić information content (AvgIpc) is 0.741. The van der Waals surface area contributed by atoms with Crippen molar-refractivity contribution in [1.29, 1.82) is 10.5 Å². The Morgan fingerprint density at radius 2 is 0.658 bits per heavy atom. The minimum Gasteiger partial charge on any atom is -0.310 e. The minimum absolute atomic E-state index is 0.0514. The maximum atomic E-state index is 12.5. The van der Waals surface area contributed by atoms with Crippen LogP contribution in [0.3, 0.4) is 0 Å². The SMILES string of the molecule is [2H]c1c([2H])c([2H])c(-c2ccc3c(c2)N(c2cccc(-n4c5ccccc5c5ccccc54)c2C#N)c2cc(-n4c5ccc(C(C)(C)C)cc5c5cc(C(C)(C)C)ccc54)cc4c2B3c2ccc(-n3c5ccc(C(C)(C)C)cc5c5cc(C(C)(C)C)ccc53)cc2N4c2cc(-n3c4ccccc4c4ccccc43)ccc2C#N)c([2H])c1[2H]. The summed E-state index contributed by atoms with van der Waals surface area (Å²) in [6.45, 7) is 26.6. The molecule has 0 N–H and O–H groups in total. The van der Waals surface area contributed by atoms with E-state index in [1.54, 1.807) is 0 Å². The van der Waals surface area contributed by atoms with Crippen molar-refractivity contribution >= 4 is 144 Å². The first-order chi connectivity index (χ1) is 55.6. The van der Waals surface area contributed by atoms with Gasteiger partial charge in [0, 0.05) is 77.2 Å². The Bertz CT molecular complexity index is 7170. The van der Waals surface area contributed by atoms with Gasteiger partial charge in [0.2, 0.25) is 0 Å². The maximum absolute atomic E-state index is 12.5. The molecule has 2 aliphatic heterocycles. The standard InChI is InChI=1S/C102H83BN8/c1-99(2,3)65-39-47-89-76(52-65)77-53-66(100(4,5)6)40-48-90(77)107(89)70-44-46-82-95(57-70)111(93-56-69(43-37-64(93)60-104)106-83-31-20-16-27-72(83)73-28-17-21-32-84(73)106)97-59-71(108-91-49-41-67(101(7,8)9)54-78(91)79-55-68(102(10,11)12)42-50-92(79)108)58-96-98(97)103(82)81-45-38-63(62-25-14-13-15-26-62)51-94(81)110(96)88-36-24-35-87(80(88)61-105)109-85-33-22-18-29-74(85)75-30-19-23-34-86(75)109/h13-59H,1-12H3/i13D,14D,15D,25D,26D. The van der Waals surface area contributed by atoms with Crippen LogP contribution in [-0.2, 0) is 21.7 Å². The number of rotatable bonds is 7. The number of nitriles is 2. The molecule has 0 bridgehead atoms. The second-order valence-electron chi connectivity index (χ2n) is 34.5. The lowest BCUT2D eigenvalue weighted by molar-refractivity contribution is 0.590. The molecule has 111 heavy (non-hydrogen) atoms. The third-order valence-corrected chi connectivity index (χ3v) is 23.7. The van der Waals surface area contributed by atoms with E-state index in [9.17, 15) is 13.3 Å². The topological polar surface area (TPSA) is 73.8 Å². The lowest BCUT2D eigenvalue weighted by Crippen LogP contribution is -2.61. The molecule has 18 aromatic rings. The third kappa shape index (κ3) is 10.2. The van der Waals surface area contributed by atoms with Crippen LogP contribution in [-0.4, -0.2) is 25.0 Å². The van der Waals surface area contributed by atoms with Crippen molar-refractivity contribution in [2.75, 3.05) is 9.80 Å². The predicted octanol–water partition coefficient (Wildman–Crippen LogP) is 24.8. The van der Waals surface area contributed by atoms with Gasteiger partial charge in [-0.15, -0.1) is 0 Å². The van der Waals surface area contributed by atoms with Gasteiger partial charge in [-0.3, -0.25) is 0 Å². The number of para-hydroxylation sites is 4. The van der Waals surface area contributed by atoms with Gasteiger partial charge >= 0.3 is 0 Å². The van der Waals surface area contributed by atoms with E-state index in [2.05, 4.69) is 317 Å².